The molecule has 6 rings (SSSR count). The number of nitrogens with one attached hydrogen (secondary N) is 1. The van der Waals surface area contributed by atoms with E-state index >= 15 is 0 Å². The number of halogens is 1. The van der Waals surface area contributed by atoms with Crippen LogP contribution >= 0.6 is 11.6 Å². The number of aromatic amines is 1. The van der Waals surface area contributed by atoms with Crippen LogP contribution in [0.5, 0.6) is 5.75 Å². The molecule has 0 radical (unpaired) electrons. The van der Waals surface area contributed by atoms with Gasteiger partial charge in [-0.15, -0.1) is 10.2 Å². The number of H-pyrrole nitrogens is 1. The first-order chi connectivity index (χ1) is 17.1. The zero-order valence-corrected chi connectivity index (χ0v) is 19.0. The molecule has 1 N–H and O–H groups in total. The summed E-state index contributed by atoms with van der Waals surface area (Å²) in [5, 5.41) is 15.4. The number of rotatable bonds is 6. The first-order valence-corrected chi connectivity index (χ1v) is 11.1. The van der Waals surface area contributed by atoms with E-state index in [0.717, 1.165) is 39.0 Å². The molecule has 0 saturated heterocycles. The van der Waals surface area contributed by atoms with E-state index in [2.05, 4.69) is 32.2 Å². The Hall–Kier alpha value is -4.56. The van der Waals surface area contributed by atoms with E-state index in [0.29, 0.717) is 34.4 Å². The first kappa shape index (κ1) is 21.0. The third-order valence-corrected chi connectivity index (χ3v) is 5.78. The van der Waals surface area contributed by atoms with E-state index < -0.39 is 0 Å². The van der Waals surface area contributed by atoms with Gasteiger partial charge in [0.15, 0.2) is 5.58 Å². The maximum Gasteiger partial charge on any atom is 0.269 e. The Morgan fingerprint density at radius 3 is 2.77 bits per heavy atom. The number of hydrogen-bond acceptors (Lipinski definition) is 7. The van der Waals surface area contributed by atoms with Gasteiger partial charge in [-0.25, -0.2) is 9.97 Å². The minimum absolute atomic E-state index is 0.306. The Kier molecular flexibility index (Phi) is 5.20. The molecular formula is C26H17ClN6O2. The van der Waals surface area contributed by atoms with Crippen LogP contribution in [0.1, 0.15) is 16.8 Å². The third kappa shape index (κ3) is 4.22. The highest BCUT2D eigenvalue weighted by atomic mass is 35.5. The van der Waals surface area contributed by atoms with E-state index in [4.69, 9.17) is 25.7 Å². The van der Waals surface area contributed by atoms with Crippen LogP contribution < -0.4 is 4.74 Å². The molecule has 3 aromatic carbocycles. The topological polar surface area (TPSA) is 103 Å². The van der Waals surface area contributed by atoms with Gasteiger partial charge in [-0.2, -0.15) is 5.21 Å². The van der Waals surface area contributed by atoms with Crippen LogP contribution in [0, 0.1) is 0 Å². The summed E-state index contributed by atoms with van der Waals surface area (Å²) in [7, 11) is 0. The average molecular weight is 481 g/mol. The number of nitrogens with zero attached hydrogens (tertiary/aromatic N) is 5. The lowest BCUT2D eigenvalue weighted by Gasteiger charge is -2.10. The van der Waals surface area contributed by atoms with E-state index in [1.807, 2.05) is 72.8 Å². The van der Waals surface area contributed by atoms with Crippen LogP contribution in [0.3, 0.4) is 0 Å². The lowest BCUT2D eigenvalue weighted by atomic mass is 10.0. The summed E-state index contributed by atoms with van der Waals surface area (Å²) in [5.41, 5.74) is 5.61. The number of aromatic nitrogens is 6. The predicted molar refractivity (Wildman–Crippen MR) is 133 cm³/mol. The van der Waals surface area contributed by atoms with E-state index in [1.165, 1.54) is 0 Å². The predicted octanol–water partition coefficient (Wildman–Crippen LogP) is 5.85. The van der Waals surface area contributed by atoms with Crippen molar-refractivity contribution in [3.8, 4) is 17.5 Å². The molecule has 0 saturated carbocycles. The fourth-order valence-corrected chi connectivity index (χ4v) is 3.92. The Morgan fingerprint density at radius 2 is 1.89 bits per heavy atom. The quantitative estimate of drug-likeness (QED) is 0.319. The molecule has 0 atom stereocenters. The summed E-state index contributed by atoms with van der Waals surface area (Å²) in [5.74, 6) is 1.34. The lowest BCUT2D eigenvalue weighted by Crippen LogP contribution is -1.97. The molecule has 9 heteroatoms. The van der Waals surface area contributed by atoms with Gasteiger partial charge in [0, 0.05) is 16.0 Å². The summed E-state index contributed by atoms with van der Waals surface area (Å²) in [6.07, 6.45) is 0. The van der Waals surface area contributed by atoms with E-state index in [1.54, 1.807) is 0 Å². The normalized spacial score (nSPS) is 11.2. The maximum absolute atomic E-state index is 6.13. The van der Waals surface area contributed by atoms with Crippen molar-refractivity contribution in [3.05, 3.63) is 101 Å². The number of benzene rings is 3. The summed E-state index contributed by atoms with van der Waals surface area (Å²) in [6.45, 7) is 4.62. The van der Waals surface area contributed by atoms with Crippen molar-refractivity contribution in [3.63, 3.8) is 0 Å². The van der Waals surface area contributed by atoms with Crippen molar-refractivity contribution >= 4 is 39.2 Å². The molecule has 0 aliphatic rings. The highest BCUT2D eigenvalue weighted by Crippen LogP contribution is 2.27. The van der Waals surface area contributed by atoms with E-state index in [-0.39, 0.29) is 0 Å². The lowest BCUT2D eigenvalue weighted by molar-refractivity contribution is 0.306. The number of ether oxygens (including phenoxy) is 1. The molecule has 3 aromatic heterocycles. The van der Waals surface area contributed by atoms with Crippen molar-refractivity contribution in [1.29, 1.82) is 0 Å². The van der Waals surface area contributed by atoms with Crippen molar-refractivity contribution in [2.75, 3.05) is 0 Å². The largest absolute Gasteiger partial charge is 0.489 e. The Labute approximate surface area is 204 Å². The van der Waals surface area contributed by atoms with Gasteiger partial charge in [0.25, 0.3) is 11.7 Å². The fraction of sp³-hybridized carbons (Fsp3) is 0.0385. The molecule has 0 spiro atoms. The van der Waals surface area contributed by atoms with Crippen LogP contribution in [0.4, 0.5) is 0 Å². The molecule has 6 aromatic rings. The van der Waals surface area contributed by atoms with Gasteiger partial charge in [0.05, 0.1) is 11.2 Å². The van der Waals surface area contributed by atoms with Gasteiger partial charge >= 0.3 is 0 Å². The van der Waals surface area contributed by atoms with Crippen LogP contribution in [0.15, 0.2) is 83.8 Å². The number of tetrazole rings is 1. The number of hydrogen-bond donors (Lipinski definition) is 1. The molecule has 170 valence electrons. The number of oxazole rings is 1. The highest BCUT2D eigenvalue weighted by molar-refractivity contribution is 6.31. The highest BCUT2D eigenvalue weighted by Gasteiger charge is 2.13. The number of pyridine rings is 1. The molecular weight excluding hydrogens is 464 g/mol. The van der Waals surface area contributed by atoms with Gasteiger partial charge in [-0.1, -0.05) is 48.5 Å². The van der Waals surface area contributed by atoms with E-state index in [9.17, 15) is 0 Å². The maximum atomic E-state index is 6.13. The first-order valence-electron chi connectivity index (χ1n) is 10.7. The van der Waals surface area contributed by atoms with Gasteiger partial charge in [0.1, 0.15) is 17.9 Å². The summed E-state index contributed by atoms with van der Waals surface area (Å²) in [6, 6.07) is 23.1. The summed E-state index contributed by atoms with van der Waals surface area (Å²) in [4.78, 5) is 9.16. The molecule has 3 heterocycles. The van der Waals surface area contributed by atoms with Crippen LogP contribution in [0.25, 0.3) is 39.3 Å². The molecule has 35 heavy (non-hydrogen) atoms. The van der Waals surface area contributed by atoms with Crippen molar-refractivity contribution in [2.24, 2.45) is 0 Å². The molecule has 0 fully saturated rings. The van der Waals surface area contributed by atoms with Crippen molar-refractivity contribution < 1.29 is 9.15 Å². The molecule has 0 aliphatic heterocycles. The van der Waals surface area contributed by atoms with Crippen LogP contribution in [0.2, 0.25) is 5.02 Å². The fourth-order valence-electron chi connectivity index (χ4n) is 3.76. The molecule has 0 aliphatic carbocycles. The van der Waals surface area contributed by atoms with Crippen molar-refractivity contribution in [2.45, 2.75) is 6.61 Å². The van der Waals surface area contributed by atoms with Crippen molar-refractivity contribution in [1.82, 2.24) is 30.6 Å². The zero-order valence-electron chi connectivity index (χ0n) is 18.3. The Morgan fingerprint density at radius 1 is 0.971 bits per heavy atom. The van der Waals surface area contributed by atoms with Gasteiger partial charge < -0.3 is 9.15 Å². The van der Waals surface area contributed by atoms with Gasteiger partial charge in [-0.05, 0) is 58.8 Å². The number of fused-ring (bicyclic) bond motifs is 2. The Bertz CT molecular complexity index is 1690. The second-order valence-corrected chi connectivity index (χ2v) is 8.32. The summed E-state index contributed by atoms with van der Waals surface area (Å²) >= 11 is 6.13. The minimum atomic E-state index is 0.306. The van der Waals surface area contributed by atoms with Gasteiger partial charge in [0.2, 0.25) is 0 Å². The Balaban J connectivity index is 1.20. The second kappa shape index (κ2) is 8.66. The monoisotopic (exact) mass is 480 g/mol. The standard InChI is InChI=1S/C26H17ClN6O2/c1-15(21-9-7-17-6-8-19(27)13-22(17)28-21)18-3-2-4-20(12-18)34-14-16-5-10-24-23(11-16)29-26(35-24)25-30-32-33-31-25/h2-13H,1,14H2,(H,30,31,32,33). The molecule has 0 unspecified atom stereocenters. The zero-order chi connectivity index (χ0) is 23.8. The minimum Gasteiger partial charge on any atom is -0.489 e. The molecule has 8 nitrogen and oxygen atoms in total. The smallest absolute Gasteiger partial charge is 0.269 e. The third-order valence-electron chi connectivity index (χ3n) is 5.54. The summed E-state index contributed by atoms with van der Waals surface area (Å²) < 4.78 is 11.7. The average Bonchev–Trinajstić information content (AvgIpc) is 3.56. The second-order valence-electron chi connectivity index (χ2n) is 7.89. The SMILES string of the molecule is C=C(c1cccc(OCc2ccc3oc(-c4nn[nH]n4)nc3c2)c1)c1ccc2ccc(Cl)cc2n1. The molecule has 0 amide bonds. The van der Waals surface area contributed by atoms with Crippen LogP contribution in [-0.4, -0.2) is 30.6 Å². The van der Waals surface area contributed by atoms with Crippen LogP contribution in [-0.2, 0) is 6.61 Å². The molecule has 0 bridgehead atoms. The van der Waals surface area contributed by atoms with Gasteiger partial charge in [-0.3, -0.25) is 0 Å².